The third-order valence-corrected chi connectivity index (χ3v) is 5.67. The third kappa shape index (κ3) is 4.25. The fraction of sp³-hybridized carbons (Fsp3) is 0.647. The standard InChI is InChI=1S/C17H24Br2N2O/c1-2-22-17-15(18)7-13(8-16(17)19)10-20-9-12-5-6-21(11-12)14-3-4-14/h7-8,12,14,20H,2-6,9-11H2,1H3. The number of ether oxygens (including phenoxy) is 1. The van der Waals surface area contributed by atoms with Gasteiger partial charge in [0.25, 0.3) is 0 Å². The second kappa shape index (κ2) is 7.65. The molecule has 1 atom stereocenters. The molecule has 3 nitrogen and oxygen atoms in total. The van der Waals surface area contributed by atoms with Gasteiger partial charge in [-0.05, 0) is 94.7 Å². The lowest BCUT2D eigenvalue weighted by Crippen LogP contribution is -2.27. The molecule has 22 heavy (non-hydrogen) atoms. The molecular formula is C17H24Br2N2O. The minimum absolute atomic E-state index is 0.675. The predicted octanol–water partition coefficient (Wildman–Crippen LogP) is 4.18. The molecule has 0 bridgehead atoms. The monoisotopic (exact) mass is 430 g/mol. The van der Waals surface area contributed by atoms with Crippen molar-refractivity contribution in [3.8, 4) is 5.75 Å². The molecule has 2 aliphatic rings. The third-order valence-electron chi connectivity index (χ3n) is 4.49. The summed E-state index contributed by atoms with van der Waals surface area (Å²) in [6, 6.07) is 5.21. The fourth-order valence-corrected chi connectivity index (χ4v) is 4.73. The highest BCUT2D eigenvalue weighted by Crippen LogP contribution is 2.35. The fourth-order valence-electron chi connectivity index (χ4n) is 3.22. The highest BCUT2D eigenvalue weighted by Gasteiger charge is 2.33. The molecule has 1 saturated heterocycles. The van der Waals surface area contributed by atoms with Gasteiger partial charge in [-0.15, -0.1) is 0 Å². The number of nitrogens with zero attached hydrogens (tertiary/aromatic N) is 1. The first kappa shape index (κ1) is 16.7. The van der Waals surface area contributed by atoms with Crippen LogP contribution >= 0.6 is 31.9 Å². The lowest BCUT2D eigenvalue weighted by molar-refractivity contribution is 0.312. The number of halogens is 2. The Morgan fingerprint density at radius 1 is 1.23 bits per heavy atom. The Hall–Kier alpha value is -0.100. The first-order valence-electron chi connectivity index (χ1n) is 8.23. The van der Waals surface area contributed by atoms with Gasteiger partial charge in [0, 0.05) is 19.1 Å². The summed E-state index contributed by atoms with van der Waals surface area (Å²) in [5.41, 5.74) is 1.28. The van der Waals surface area contributed by atoms with E-state index in [1.54, 1.807) is 0 Å². The highest BCUT2D eigenvalue weighted by atomic mass is 79.9. The van der Waals surface area contributed by atoms with Crippen molar-refractivity contribution in [2.24, 2.45) is 5.92 Å². The van der Waals surface area contributed by atoms with Crippen molar-refractivity contribution in [3.63, 3.8) is 0 Å². The van der Waals surface area contributed by atoms with Gasteiger partial charge < -0.3 is 15.0 Å². The molecule has 1 aromatic rings. The van der Waals surface area contributed by atoms with E-state index in [-0.39, 0.29) is 0 Å². The largest absolute Gasteiger partial charge is 0.492 e. The van der Waals surface area contributed by atoms with Gasteiger partial charge in [-0.1, -0.05) is 0 Å². The topological polar surface area (TPSA) is 24.5 Å². The number of rotatable bonds is 7. The molecule has 1 N–H and O–H groups in total. The predicted molar refractivity (Wildman–Crippen MR) is 97.4 cm³/mol. The van der Waals surface area contributed by atoms with Crippen LogP contribution in [0.2, 0.25) is 0 Å². The smallest absolute Gasteiger partial charge is 0.147 e. The lowest BCUT2D eigenvalue weighted by Gasteiger charge is -2.15. The highest BCUT2D eigenvalue weighted by molar-refractivity contribution is 9.11. The Balaban J connectivity index is 1.47. The van der Waals surface area contributed by atoms with Crippen LogP contribution in [0.3, 0.4) is 0 Å². The van der Waals surface area contributed by atoms with Gasteiger partial charge in [0.05, 0.1) is 15.6 Å². The molecule has 1 aliphatic carbocycles. The summed E-state index contributed by atoms with van der Waals surface area (Å²) >= 11 is 7.20. The van der Waals surface area contributed by atoms with E-state index in [0.717, 1.165) is 39.7 Å². The van der Waals surface area contributed by atoms with Crippen LogP contribution in [0.4, 0.5) is 0 Å². The Bertz CT molecular complexity index is 496. The van der Waals surface area contributed by atoms with Crippen LogP contribution in [0.15, 0.2) is 21.1 Å². The molecule has 1 aromatic carbocycles. The zero-order valence-corrected chi connectivity index (χ0v) is 16.2. The Labute approximate surface area is 150 Å². The number of benzene rings is 1. The SMILES string of the molecule is CCOc1c(Br)cc(CNCC2CCN(C3CC3)C2)cc1Br. The molecule has 1 heterocycles. The maximum absolute atomic E-state index is 5.63. The summed E-state index contributed by atoms with van der Waals surface area (Å²) in [7, 11) is 0. The van der Waals surface area contributed by atoms with Crippen LogP contribution in [0.5, 0.6) is 5.75 Å². The van der Waals surface area contributed by atoms with Crippen molar-refractivity contribution in [2.45, 2.75) is 38.8 Å². The normalized spacial score (nSPS) is 22.2. The molecule has 5 heteroatoms. The van der Waals surface area contributed by atoms with Crippen molar-refractivity contribution in [2.75, 3.05) is 26.2 Å². The van der Waals surface area contributed by atoms with Crippen LogP contribution in [0, 0.1) is 5.92 Å². The molecule has 2 fully saturated rings. The minimum atomic E-state index is 0.675. The summed E-state index contributed by atoms with van der Waals surface area (Å²) in [4.78, 5) is 2.68. The Morgan fingerprint density at radius 3 is 2.59 bits per heavy atom. The average molecular weight is 432 g/mol. The van der Waals surface area contributed by atoms with E-state index in [9.17, 15) is 0 Å². The molecule has 0 radical (unpaired) electrons. The van der Waals surface area contributed by atoms with Crippen LogP contribution in [0.25, 0.3) is 0 Å². The molecule has 3 rings (SSSR count). The van der Waals surface area contributed by atoms with E-state index in [1.165, 1.54) is 37.9 Å². The van der Waals surface area contributed by atoms with Gasteiger partial charge in [-0.3, -0.25) is 0 Å². The van der Waals surface area contributed by atoms with Gasteiger partial charge in [0.2, 0.25) is 0 Å². The maximum atomic E-state index is 5.63. The molecular weight excluding hydrogens is 408 g/mol. The summed E-state index contributed by atoms with van der Waals surface area (Å²) in [5.74, 6) is 1.71. The van der Waals surface area contributed by atoms with Crippen molar-refractivity contribution < 1.29 is 4.74 Å². The van der Waals surface area contributed by atoms with Crippen LogP contribution in [0.1, 0.15) is 31.7 Å². The van der Waals surface area contributed by atoms with Crippen LogP contribution in [-0.2, 0) is 6.54 Å². The summed E-state index contributed by atoms with van der Waals surface area (Å²) < 4.78 is 7.66. The maximum Gasteiger partial charge on any atom is 0.147 e. The molecule has 1 aliphatic heterocycles. The van der Waals surface area contributed by atoms with Gasteiger partial charge >= 0.3 is 0 Å². The second-order valence-electron chi connectivity index (χ2n) is 6.33. The molecule has 122 valence electrons. The second-order valence-corrected chi connectivity index (χ2v) is 8.04. The first-order valence-corrected chi connectivity index (χ1v) is 9.81. The van der Waals surface area contributed by atoms with E-state index in [2.05, 4.69) is 54.2 Å². The van der Waals surface area contributed by atoms with Crippen molar-refractivity contribution in [3.05, 3.63) is 26.6 Å². The van der Waals surface area contributed by atoms with Crippen molar-refractivity contribution >= 4 is 31.9 Å². The quantitative estimate of drug-likeness (QED) is 0.700. The lowest BCUT2D eigenvalue weighted by atomic mass is 10.1. The van der Waals surface area contributed by atoms with Crippen LogP contribution in [-0.4, -0.2) is 37.2 Å². The zero-order valence-electron chi connectivity index (χ0n) is 13.1. The zero-order chi connectivity index (χ0) is 15.5. The van der Waals surface area contributed by atoms with Crippen molar-refractivity contribution in [1.82, 2.24) is 10.2 Å². The molecule has 0 amide bonds. The number of hydrogen-bond acceptors (Lipinski definition) is 3. The van der Waals surface area contributed by atoms with Crippen molar-refractivity contribution in [1.29, 1.82) is 0 Å². The van der Waals surface area contributed by atoms with Gasteiger partial charge in [-0.25, -0.2) is 0 Å². The van der Waals surface area contributed by atoms with Gasteiger partial charge in [0.15, 0.2) is 0 Å². The molecule has 0 spiro atoms. The van der Waals surface area contributed by atoms with Gasteiger partial charge in [-0.2, -0.15) is 0 Å². The molecule has 1 saturated carbocycles. The summed E-state index contributed by atoms with van der Waals surface area (Å²) in [6.07, 6.45) is 4.20. The van der Waals surface area contributed by atoms with Gasteiger partial charge in [0.1, 0.15) is 5.75 Å². The molecule has 1 unspecified atom stereocenters. The van der Waals surface area contributed by atoms with Crippen LogP contribution < -0.4 is 10.1 Å². The summed E-state index contributed by atoms with van der Waals surface area (Å²) in [5, 5.41) is 3.62. The van der Waals surface area contributed by atoms with E-state index < -0.39 is 0 Å². The van der Waals surface area contributed by atoms with E-state index in [4.69, 9.17) is 4.74 Å². The van der Waals surface area contributed by atoms with E-state index in [1.807, 2.05) is 6.92 Å². The minimum Gasteiger partial charge on any atom is -0.492 e. The summed E-state index contributed by atoms with van der Waals surface area (Å²) in [6.45, 7) is 7.29. The molecule has 0 aromatic heterocycles. The first-order chi connectivity index (χ1) is 10.7. The number of nitrogens with one attached hydrogen (secondary N) is 1. The number of likely N-dealkylation sites (tertiary alicyclic amines) is 1. The Kier molecular flexibility index (Phi) is 5.82. The van der Waals surface area contributed by atoms with E-state index >= 15 is 0 Å². The Morgan fingerprint density at radius 2 is 1.95 bits per heavy atom. The number of hydrogen-bond donors (Lipinski definition) is 1. The van der Waals surface area contributed by atoms with E-state index in [0.29, 0.717) is 6.61 Å². The average Bonchev–Trinajstić information content (AvgIpc) is 3.23.